The van der Waals surface area contributed by atoms with Gasteiger partial charge in [-0.3, -0.25) is 4.98 Å². The van der Waals surface area contributed by atoms with Crippen molar-refractivity contribution in [3.05, 3.63) is 41.6 Å². The van der Waals surface area contributed by atoms with Crippen LogP contribution in [0.4, 0.5) is 0 Å². The molecule has 1 aromatic carbocycles. The molecule has 1 heteroatoms. The van der Waals surface area contributed by atoms with Crippen LogP contribution in [0.15, 0.2) is 30.3 Å². The minimum absolute atomic E-state index is 0. The molecule has 0 N–H and O–H groups in total. The Hall–Kier alpha value is -1.37. The summed E-state index contributed by atoms with van der Waals surface area (Å²) in [6.07, 6.45) is 2.09. The first-order chi connectivity index (χ1) is 6.85. The fourth-order valence-corrected chi connectivity index (χ4v) is 1.81. The van der Waals surface area contributed by atoms with Crippen LogP contribution in [0.1, 0.15) is 32.5 Å². The first kappa shape index (κ1) is 11.7. The summed E-state index contributed by atoms with van der Waals surface area (Å²) in [5.41, 5.74) is 3.74. The SMILES string of the molecule is C.CCc1cc2ccccc2nc1CC. The van der Waals surface area contributed by atoms with Crippen LogP contribution in [0.2, 0.25) is 0 Å². The first-order valence-electron chi connectivity index (χ1n) is 5.22. The molecule has 0 atom stereocenters. The Morgan fingerprint density at radius 3 is 2.47 bits per heavy atom. The molecule has 0 bridgehead atoms. The third kappa shape index (κ3) is 2.17. The summed E-state index contributed by atoms with van der Waals surface area (Å²) in [6.45, 7) is 4.35. The molecule has 1 nitrogen and oxygen atoms in total. The van der Waals surface area contributed by atoms with E-state index >= 15 is 0 Å². The van der Waals surface area contributed by atoms with Crippen LogP contribution in [-0.2, 0) is 12.8 Å². The molecule has 80 valence electrons. The number of fused-ring (bicyclic) bond motifs is 1. The van der Waals surface area contributed by atoms with Gasteiger partial charge in [0.2, 0.25) is 0 Å². The van der Waals surface area contributed by atoms with Gasteiger partial charge in [0.15, 0.2) is 0 Å². The number of hydrogen-bond donors (Lipinski definition) is 0. The van der Waals surface area contributed by atoms with Crippen LogP contribution >= 0.6 is 0 Å². The summed E-state index contributed by atoms with van der Waals surface area (Å²) in [7, 11) is 0. The lowest BCUT2D eigenvalue weighted by Gasteiger charge is -2.06. The van der Waals surface area contributed by atoms with E-state index in [-0.39, 0.29) is 7.43 Å². The number of hydrogen-bond acceptors (Lipinski definition) is 1. The van der Waals surface area contributed by atoms with Gasteiger partial charge >= 0.3 is 0 Å². The Labute approximate surface area is 92.2 Å². The molecular weight excluding hydrogens is 182 g/mol. The van der Waals surface area contributed by atoms with Gasteiger partial charge in [0.1, 0.15) is 0 Å². The van der Waals surface area contributed by atoms with Gasteiger partial charge in [-0.15, -0.1) is 0 Å². The molecule has 0 saturated carbocycles. The third-order valence-electron chi connectivity index (χ3n) is 2.61. The summed E-state index contributed by atoms with van der Waals surface area (Å²) >= 11 is 0. The van der Waals surface area contributed by atoms with Crippen LogP contribution in [0.5, 0.6) is 0 Å². The predicted molar refractivity (Wildman–Crippen MR) is 67.2 cm³/mol. The molecule has 0 radical (unpaired) electrons. The molecule has 0 unspecified atom stereocenters. The van der Waals surface area contributed by atoms with E-state index in [4.69, 9.17) is 0 Å². The molecule has 0 amide bonds. The minimum Gasteiger partial charge on any atom is -0.253 e. The Balaban J connectivity index is 0.00000112. The molecule has 1 aromatic heterocycles. The summed E-state index contributed by atoms with van der Waals surface area (Å²) < 4.78 is 0. The van der Waals surface area contributed by atoms with E-state index < -0.39 is 0 Å². The van der Waals surface area contributed by atoms with Crippen molar-refractivity contribution in [1.29, 1.82) is 0 Å². The number of benzene rings is 1. The molecular formula is C14H19N. The molecule has 15 heavy (non-hydrogen) atoms. The lowest BCUT2D eigenvalue weighted by Crippen LogP contribution is -1.95. The lowest BCUT2D eigenvalue weighted by atomic mass is 10.1. The highest BCUT2D eigenvalue weighted by Crippen LogP contribution is 2.17. The highest BCUT2D eigenvalue weighted by Gasteiger charge is 2.02. The highest BCUT2D eigenvalue weighted by molar-refractivity contribution is 5.79. The van der Waals surface area contributed by atoms with E-state index in [1.165, 1.54) is 16.6 Å². The predicted octanol–water partition coefficient (Wildman–Crippen LogP) is 4.00. The zero-order chi connectivity index (χ0) is 9.97. The molecule has 0 aliphatic carbocycles. The quantitative estimate of drug-likeness (QED) is 0.715. The topological polar surface area (TPSA) is 12.9 Å². The molecule has 0 saturated heterocycles. The van der Waals surface area contributed by atoms with Crippen LogP contribution in [-0.4, -0.2) is 4.98 Å². The van der Waals surface area contributed by atoms with Gasteiger partial charge in [0.25, 0.3) is 0 Å². The molecule has 0 fully saturated rings. The maximum Gasteiger partial charge on any atom is 0.0705 e. The normalized spacial score (nSPS) is 10.0. The molecule has 0 aliphatic rings. The van der Waals surface area contributed by atoms with Crippen molar-refractivity contribution >= 4 is 10.9 Å². The smallest absolute Gasteiger partial charge is 0.0705 e. The van der Waals surface area contributed by atoms with Gasteiger partial charge in [-0.1, -0.05) is 39.5 Å². The molecule has 0 aliphatic heterocycles. The van der Waals surface area contributed by atoms with E-state index in [0.717, 1.165) is 18.4 Å². The van der Waals surface area contributed by atoms with E-state index in [1.54, 1.807) is 0 Å². The summed E-state index contributed by atoms with van der Waals surface area (Å²) in [6, 6.07) is 10.6. The summed E-state index contributed by atoms with van der Waals surface area (Å²) in [5.74, 6) is 0. The van der Waals surface area contributed by atoms with Crippen LogP contribution in [0.3, 0.4) is 0 Å². The van der Waals surface area contributed by atoms with Crippen LogP contribution in [0, 0.1) is 0 Å². The highest BCUT2D eigenvalue weighted by atomic mass is 14.7. The second-order valence-corrected chi connectivity index (χ2v) is 3.49. The average molecular weight is 201 g/mol. The molecule has 1 heterocycles. The minimum atomic E-state index is 0. The van der Waals surface area contributed by atoms with Crippen molar-refractivity contribution in [1.82, 2.24) is 4.98 Å². The lowest BCUT2D eigenvalue weighted by molar-refractivity contribution is 0.981. The first-order valence-corrected chi connectivity index (χ1v) is 5.22. The number of nitrogens with zero attached hydrogens (tertiary/aromatic N) is 1. The maximum absolute atomic E-state index is 4.66. The van der Waals surface area contributed by atoms with Gasteiger partial charge in [0, 0.05) is 11.1 Å². The number of rotatable bonds is 2. The van der Waals surface area contributed by atoms with Crippen LogP contribution in [0.25, 0.3) is 10.9 Å². The van der Waals surface area contributed by atoms with Crippen molar-refractivity contribution < 1.29 is 0 Å². The van der Waals surface area contributed by atoms with Gasteiger partial charge < -0.3 is 0 Å². The van der Waals surface area contributed by atoms with Crippen LogP contribution < -0.4 is 0 Å². The monoisotopic (exact) mass is 201 g/mol. The molecule has 2 rings (SSSR count). The van der Waals surface area contributed by atoms with Crippen molar-refractivity contribution in [2.24, 2.45) is 0 Å². The Kier molecular flexibility index (Phi) is 3.84. The van der Waals surface area contributed by atoms with E-state index in [2.05, 4.69) is 43.1 Å². The zero-order valence-electron chi connectivity index (χ0n) is 8.75. The van der Waals surface area contributed by atoms with Gasteiger partial charge in [-0.05, 0) is 30.5 Å². The number of aromatic nitrogens is 1. The fraction of sp³-hybridized carbons (Fsp3) is 0.357. The zero-order valence-corrected chi connectivity index (χ0v) is 8.75. The van der Waals surface area contributed by atoms with Crippen molar-refractivity contribution in [2.45, 2.75) is 34.1 Å². The largest absolute Gasteiger partial charge is 0.253 e. The Morgan fingerprint density at radius 1 is 1.07 bits per heavy atom. The summed E-state index contributed by atoms with van der Waals surface area (Å²) in [5, 5.41) is 1.25. The molecule has 2 aromatic rings. The molecule has 0 spiro atoms. The maximum atomic E-state index is 4.66. The van der Waals surface area contributed by atoms with Crippen molar-refractivity contribution in [2.75, 3.05) is 0 Å². The van der Waals surface area contributed by atoms with E-state index in [0.29, 0.717) is 0 Å². The number of pyridine rings is 1. The van der Waals surface area contributed by atoms with E-state index in [1.807, 2.05) is 6.07 Å². The van der Waals surface area contributed by atoms with Gasteiger partial charge in [0.05, 0.1) is 5.52 Å². The van der Waals surface area contributed by atoms with E-state index in [9.17, 15) is 0 Å². The van der Waals surface area contributed by atoms with Gasteiger partial charge in [-0.25, -0.2) is 0 Å². The summed E-state index contributed by atoms with van der Waals surface area (Å²) in [4.78, 5) is 4.66. The Bertz CT molecular complexity index is 404. The fourth-order valence-electron chi connectivity index (χ4n) is 1.81. The van der Waals surface area contributed by atoms with Crippen molar-refractivity contribution in [3.8, 4) is 0 Å². The second-order valence-electron chi connectivity index (χ2n) is 3.49. The number of para-hydroxylation sites is 1. The van der Waals surface area contributed by atoms with Gasteiger partial charge in [-0.2, -0.15) is 0 Å². The Morgan fingerprint density at radius 2 is 1.80 bits per heavy atom. The third-order valence-corrected chi connectivity index (χ3v) is 2.61. The second kappa shape index (κ2) is 4.92. The number of aryl methyl sites for hydroxylation is 2. The van der Waals surface area contributed by atoms with Crippen molar-refractivity contribution in [3.63, 3.8) is 0 Å². The standard InChI is InChI=1S/C13H15N.CH4/c1-3-10-9-11-7-5-6-8-13(11)14-12(10)4-2;/h5-9H,3-4H2,1-2H3;1H4. The average Bonchev–Trinajstić information content (AvgIpc) is 2.27.